The number of aryl methyl sites for hydroxylation is 1. The average Bonchev–Trinajstić information content (AvgIpc) is 2.61. The van der Waals surface area contributed by atoms with Crippen molar-refractivity contribution in [2.75, 3.05) is 13.6 Å². The van der Waals surface area contributed by atoms with Crippen LogP contribution in [0.25, 0.3) is 11.0 Å². The first-order valence-electron chi connectivity index (χ1n) is 8.87. The van der Waals surface area contributed by atoms with Gasteiger partial charge in [0.05, 0.1) is 10.9 Å². The van der Waals surface area contributed by atoms with Crippen molar-refractivity contribution in [3.63, 3.8) is 0 Å². The maximum Gasteiger partial charge on any atom is 0.329 e. The van der Waals surface area contributed by atoms with Crippen LogP contribution in [0.2, 0.25) is 0 Å². The zero-order valence-electron chi connectivity index (χ0n) is 16.0. The van der Waals surface area contributed by atoms with Crippen LogP contribution in [0.5, 0.6) is 0 Å². The Morgan fingerprint density at radius 2 is 2.00 bits per heavy atom. The van der Waals surface area contributed by atoms with Crippen LogP contribution in [0.3, 0.4) is 0 Å². The van der Waals surface area contributed by atoms with Gasteiger partial charge in [0.25, 0.3) is 11.5 Å². The number of nitrogens with two attached hydrogens (primary N) is 1. The van der Waals surface area contributed by atoms with Gasteiger partial charge < -0.3 is 10.6 Å². The molecular weight excluding hydrogens is 334 g/mol. The summed E-state index contributed by atoms with van der Waals surface area (Å²) in [5.74, 6) is -0.280. The number of carbonyl (C=O) groups excluding carboxylic acids is 1. The van der Waals surface area contributed by atoms with Crippen molar-refractivity contribution in [2.45, 2.75) is 52.6 Å². The molecule has 0 saturated carbocycles. The van der Waals surface area contributed by atoms with Crippen molar-refractivity contribution in [3.05, 3.63) is 38.2 Å². The third-order valence-corrected chi connectivity index (χ3v) is 4.56. The van der Waals surface area contributed by atoms with Gasteiger partial charge in [0, 0.05) is 31.9 Å². The van der Waals surface area contributed by atoms with E-state index >= 15 is 0 Å². The van der Waals surface area contributed by atoms with Crippen LogP contribution in [-0.2, 0) is 6.54 Å². The van der Waals surface area contributed by atoms with Gasteiger partial charge >= 0.3 is 5.69 Å². The molecule has 0 aliphatic heterocycles. The zero-order chi connectivity index (χ0) is 19.6. The number of nitrogens with one attached hydrogen (secondary N) is 1. The number of fused-ring (bicyclic) bond motifs is 1. The molecule has 0 spiro atoms. The number of aromatic nitrogens is 3. The second-order valence-corrected chi connectivity index (χ2v) is 6.86. The van der Waals surface area contributed by atoms with Crippen LogP contribution in [-0.4, -0.2) is 45.0 Å². The number of carbonyl (C=O) groups is 1. The number of hydrogen-bond donors (Lipinski definition) is 2. The van der Waals surface area contributed by atoms with Crippen LogP contribution in [0.1, 0.15) is 56.1 Å². The van der Waals surface area contributed by atoms with Crippen molar-refractivity contribution in [1.82, 2.24) is 19.4 Å². The maximum absolute atomic E-state index is 13.0. The lowest BCUT2D eigenvalue weighted by Gasteiger charge is -2.24. The average molecular weight is 361 g/mol. The molecule has 0 radical (unpaired) electrons. The van der Waals surface area contributed by atoms with Gasteiger partial charge in [-0.2, -0.15) is 0 Å². The van der Waals surface area contributed by atoms with Gasteiger partial charge in [-0.25, -0.2) is 9.78 Å². The molecule has 0 aromatic carbocycles. The highest BCUT2D eigenvalue weighted by atomic mass is 16.2. The topological polar surface area (TPSA) is 114 Å². The summed E-state index contributed by atoms with van der Waals surface area (Å²) in [6.45, 7) is 8.37. The SMILES string of the molecule is CCCn1c(=O)[nH]c(=O)c2c(C(=O)N(C)C(C)CN)cc(C(C)C)nc21. The monoisotopic (exact) mass is 361 g/mol. The summed E-state index contributed by atoms with van der Waals surface area (Å²) in [6.07, 6.45) is 0.696. The van der Waals surface area contributed by atoms with Crippen molar-refractivity contribution in [1.29, 1.82) is 0 Å². The van der Waals surface area contributed by atoms with E-state index in [0.29, 0.717) is 25.2 Å². The number of likely N-dealkylation sites (N-methyl/N-ethyl adjacent to an activating group) is 1. The molecule has 0 fully saturated rings. The van der Waals surface area contributed by atoms with E-state index in [2.05, 4.69) is 9.97 Å². The van der Waals surface area contributed by atoms with E-state index in [0.717, 1.165) is 0 Å². The third kappa shape index (κ3) is 3.55. The Balaban J connectivity index is 2.89. The van der Waals surface area contributed by atoms with Gasteiger partial charge in [-0.3, -0.25) is 19.1 Å². The summed E-state index contributed by atoms with van der Waals surface area (Å²) < 4.78 is 1.42. The fourth-order valence-electron chi connectivity index (χ4n) is 2.74. The van der Waals surface area contributed by atoms with Crippen molar-refractivity contribution in [2.24, 2.45) is 5.73 Å². The molecule has 2 heterocycles. The van der Waals surface area contributed by atoms with Gasteiger partial charge in [0.15, 0.2) is 5.65 Å². The Labute approximate surface area is 152 Å². The first-order valence-corrected chi connectivity index (χ1v) is 8.87. The predicted octanol–water partition coefficient (Wildman–Crippen LogP) is 1.04. The number of amides is 1. The largest absolute Gasteiger partial charge is 0.338 e. The van der Waals surface area contributed by atoms with Crippen LogP contribution in [0.15, 0.2) is 15.7 Å². The molecule has 1 atom stereocenters. The fourth-order valence-corrected chi connectivity index (χ4v) is 2.74. The highest BCUT2D eigenvalue weighted by molar-refractivity contribution is 6.05. The summed E-state index contributed by atoms with van der Waals surface area (Å²) in [5.41, 5.74) is 5.71. The third-order valence-electron chi connectivity index (χ3n) is 4.56. The van der Waals surface area contributed by atoms with E-state index in [4.69, 9.17) is 5.73 Å². The predicted molar refractivity (Wildman–Crippen MR) is 102 cm³/mol. The number of hydrogen-bond acceptors (Lipinski definition) is 5. The summed E-state index contributed by atoms with van der Waals surface area (Å²) in [4.78, 5) is 46.2. The Morgan fingerprint density at radius 3 is 2.54 bits per heavy atom. The Kier molecular flexibility index (Phi) is 5.97. The lowest BCUT2D eigenvalue weighted by atomic mass is 10.0. The molecule has 2 aromatic heterocycles. The minimum atomic E-state index is -0.600. The number of rotatable bonds is 6. The standard InChI is InChI=1S/C18H27N5O3/c1-6-7-23-15-14(16(24)21-18(23)26)12(8-13(20-15)10(2)3)17(25)22(5)11(4)9-19/h8,10-11H,6-7,9,19H2,1-5H3,(H,21,24,26). The van der Waals surface area contributed by atoms with Gasteiger partial charge in [0.2, 0.25) is 0 Å². The lowest BCUT2D eigenvalue weighted by Crippen LogP contribution is -2.40. The molecular formula is C18H27N5O3. The minimum absolute atomic E-state index is 0.0349. The second-order valence-electron chi connectivity index (χ2n) is 6.86. The Hall–Kier alpha value is -2.48. The van der Waals surface area contributed by atoms with E-state index in [9.17, 15) is 14.4 Å². The molecule has 26 heavy (non-hydrogen) atoms. The summed E-state index contributed by atoms with van der Waals surface area (Å²) >= 11 is 0. The minimum Gasteiger partial charge on any atom is -0.338 e. The van der Waals surface area contributed by atoms with E-state index in [-0.39, 0.29) is 34.5 Å². The Bertz CT molecular complexity index is 929. The van der Waals surface area contributed by atoms with Gasteiger partial charge in [-0.05, 0) is 25.3 Å². The maximum atomic E-state index is 13.0. The van der Waals surface area contributed by atoms with Crippen molar-refractivity contribution in [3.8, 4) is 0 Å². The lowest BCUT2D eigenvalue weighted by molar-refractivity contribution is 0.0750. The van der Waals surface area contributed by atoms with Gasteiger partial charge in [0.1, 0.15) is 0 Å². The summed E-state index contributed by atoms with van der Waals surface area (Å²) in [5, 5.41) is 0.142. The molecule has 1 unspecified atom stereocenters. The molecule has 8 nitrogen and oxygen atoms in total. The van der Waals surface area contributed by atoms with Gasteiger partial charge in [-0.15, -0.1) is 0 Å². The van der Waals surface area contributed by atoms with Crippen LogP contribution < -0.4 is 17.0 Å². The molecule has 2 rings (SSSR count). The van der Waals surface area contributed by atoms with Crippen molar-refractivity contribution < 1.29 is 4.79 Å². The van der Waals surface area contributed by atoms with E-state index in [1.54, 1.807) is 13.1 Å². The number of H-pyrrole nitrogens is 1. The normalized spacial score (nSPS) is 12.6. The number of pyridine rings is 1. The molecule has 0 saturated heterocycles. The van der Waals surface area contributed by atoms with Crippen LogP contribution in [0.4, 0.5) is 0 Å². The molecule has 1 amide bonds. The van der Waals surface area contributed by atoms with Crippen LogP contribution >= 0.6 is 0 Å². The van der Waals surface area contributed by atoms with Crippen LogP contribution in [0, 0.1) is 0 Å². The first-order chi connectivity index (χ1) is 12.2. The quantitative estimate of drug-likeness (QED) is 0.798. The van der Waals surface area contributed by atoms with E-state index in [1.807, 2.05) is 27.7 Å². The molecule has 8 heteroatoms. The highest BCUT2D eigenvalue weighted by Gasteiger charge is 2.24. The number of aromatic amines is 1. The molecule has 142 valence electrons. The molecule has 0 aliphatic carbocycles. The Morgan fingerprint density at radius 1 is 1.35 bits per heavy atom. The van der Waals surface area contributed by atoms with E-state index < -0.39 is 11.2 Å². The zero-order valence-corrected chi connectivity index (χ0v) is 16.0. The fraction of sp³-hybridized carbons (Fsp3) is 0.556. The van der Waals surface area contributed by atoms with Crippen molar-refractivity contribution >= 4 is 16.9 Å². The molecule has 3 N–H and O–H groups in total. The van der Waals surface area contributed by atoms with Gasteiger partial charge in [-0.1, -0.05) is 20.8 Å². The summed E-state index contributed by atoms with van der Waals surface area (Å²) in [7, 11) is 1.65. The second kappa shape index (κ2) is 7.82. The molecule has 2 aromatic rings. The smallest absolute Gasteiger partial charge is 0.329 e. The number of nitrogens with zero attached hydrogens (tertiary/aromatic N) is 3. The molecule has 0 bridgehead atoms. The van der Waals surface area contributed by atoms with E-state index in [1.165, 1.54) is 9.47 Å². The first kappa shape index (κ1) is 19.8. The summed E-state index contributed by atoms with van der Waals surface area (Å²) in [6, 6.07) is 1.46. The highest BCUT2D eigenvalue weighted by Crippen LogP contribution is 2.21. The molecule has 0 aliphatic rings.